The third-order valence-electron chi connectivity index (χ3n) is 2.88. The Morgan fingerprint density at radius 2 is 2.06 bits per heavy atom. The Balaban J connectivity index is 0.00000120. The van der Waals surface area contributed by atoms with Crippen molar-refractivity contribution in [3.8, 4) is 5.82 Å². The molecule has 2 heterocycles. The van der Waals surface area contributed by atoms with Gasteiger partial charge in [-0.3, -0.25) is 4.57 Å². The highest BCUT2D eigenvalue weighted by Crippen LogP contribution is 2.21. The van der Waals surface area contributed by atoms with Crippen LogP contribution < -0.4 is 0 Å². The summed E-state index contributed by atoms with van der Waals surface area (Å²) in [7, 11) is 0. The van der Waals surface area contributed by atoms with Gasteiger partial charge in [0.2, 0.25) is 0 Å². The molecule has 0 N–H and O–H groups in total. The lowest BCUT2D eigenvalue weighted by Gasteiger charge is -2.08. The lowest BCUT2D eigenvalue weighted by Crippen LogP contribution is -1.99. The molecule has 0 fully saturated rings. The topological polar surface area (TPSA) is 30.7 Å². The summed E-state index contributed by atoms with van der Waals surface area (Å²) in [4.78, 5) is 8.77. The molecule has 0 radical (unpaired) electrons. The van der Waals surface area contributed by atoms with Crippen LogP contribution in [0.4, 0.5) is 0 Å². The lowest BCUT2D eigenvalue weighted by molar-refractivity contribution is 0.956. The largest absolute Gasteiger partial charge is 0.290 e. The van der Waals surface area contributed by atoms with Crippen LogP contribution in [0.25, 0.3) is 16.6 Å². The zero-order valence-corrected chi connectivity index (χ0v) is 10.9. The van der Waals surface area contributed by atoms with E-state index in [1.807, 2.05) is 16.8 Å². The number of aryl methyl sites for hydroxylation is 1. The first-order chi connectivity index (χ1) is 8.38. The van der Waals surface area contributed by atoms with Gasteiger partial charge in [0, 0.05) is 23.5 Å². The van der Waals surface area contributed by atoms with Gasteiger partial charge in [0.05, 0.1) is 0 Å². The Bertz CT molecular complexity index is 647. The van der Waals surface area contributed by atoms with Crippen LogP contribution in [0.3, 0.4) is 0 Å². The highest BCUT2D eigenvalue weighted by Gasteiger charge is 2.06. The number of aromatic nitrogens is 3. The van der Waals surface area contributed by atoms with Crippen LogP contribution in [-0.4, -0.2) is 14.5 Å². The Morgan fingerprint density at radius 3 is 2.78 bits per heavy atom. The van der Waals surface area contributed by atoms with Gasteiger partial charge in [-0.2, -0.15) is 0 Å². The first kappa shape index (κ1) is 12.6. The average molecular weight is 260 g/mol. The summed E-state index contributed by atoms with van der Waals surface area (Å²) in [6.07, 6.45) is 6.42. The van der Waals surface area contributed by atoms with Gasteiger partial charge < -0.3 is 0 Å². The summed E-state index contributed by atoms with van der Waals surface area (Å²) in [5.74, 6) is 0.956. The van der Waals surface area contributed by atoms with E-state index in [9.17, 15) is 0 Å². The number of pyridine rings is 1. The number of hydrogen-bond donors (Lipinski definition) is 0. The summed E-state index contributed by atoms with van der Waals surface area (Å²) in [5.41, 5.74) is 1.10. The highest BCUT2D eigenvalue weighted by molar-refractivity contribution is 5.88. The quantitative estimate of drug-likeness (QED) is 0.706. The van der Waals surface area contributed by atoms with Crippen molar-refractivity contribution >= 4 is 23.2 Å². The van der Waals surface area contributed by atoms with E-state index in [0.717, 1.165) is 23.3 Å². The lowest BCUT2D eigenvalue weighted by atomic mass is 10.1. The second kappa shape index (κ2) is 5.19. The molecule has 0 aliphatic rings. The maximum atomic E-state index is 4.68. The fourth-order valence-corrected chi connectivity index (χ4v) is 2.00. The van der Waals surface area contributed by atoms with Gasteiger partial charge in [0.15, 0.2) is 0 Å². The molecular weight excluding hydrogens is 246 g/mol. The second-order valence-corrected chi connectivity index (χ2v) is 3.98. The van der Waals surface area contributed by atoms with Crippen LogP contribution in [0.2, 0.25) is 0 Å². The second-order valence-electron chi connectivity index (χ2n) is 3.98. The molecular formula is C14H14ClN3. The Labute approximate surface area is 112 Å². The zero-order chi connectivity index (χ0) is 11.7. The highest BCUT2D eigenvalue weighted by atomic mass is 35.5. The molecule has 3 rings (SSSR count). The van der Waals surface area contributed by atoms with Crippen LogP contribution in [0.1, 0.15) is 12.6 Å². The molecule has 18 heavy (non-hydrogen) atoms. The van der Waals surface area contributed by atoms with Crippen LogP contribution in [0.5, 0.6) is 0 Å². The molecule has 92 valence electrons. The Morgan fingerprint density at radius 1 is 1.22 bits per heavy atom. The first-order valence-corrected chi connectivity index (χ1v) is 5.75. The van der Waals surface area contributed by atoms with Crippen LogP contribution in [0, 0.1) is 0 Å². The minimum atomic E-state index is 0. The molecule has 2 aromatic heterocycles. The molecule has 0 aliphatic carbocycles. The number of benzene rings is 1. The molecule has 0 amide bonds. The van der Waals surface area contributed by atoms with Crippen molar-refractivity contribution in [1.29, 1.82) is 0 Å². The van der Waals surface area contributed by atoms with Gasteiger partial charge in [-0.1, -0.05) is 31.2 Å². The Hall–Kier alpha value is -1.87. The maximum Gasteiger partial charge on any atom is 0.146 e. The van der Waals surface area contributed by atoms with E-state index in [-0.39, 0.29) is 12.4 Å². The van der Waals surface area contributed by atoms with Gasteiger partial charge in [-0.15, -0.1) is 12.4 Å². The zero-order valence-electron chi connectivity index (χ0n) is 10.1. The summed E-state index contributed by atoms with van der Waals surface area (Å²) < 4.78 is 1.96. The normalized spacial score (nSPS) is 10.3. The van der Waals surface area contributed by atoms with Crippen molar-refractivity contribution in [3.63, 3.8) is 0 Å². The summed E-state index contributed by atoms with van der Waals surface area (Å²) in [6, 6.07) is 10.5. The summed E-state index contributed by atoms with van der Waals surface area (Å²) >= 11 is 0. The molecule has 0 spiro atoms. The molecule has 3 aromatic rings. The monoisotopic (exact) mass is 259 g/mol. The van der Waals surface area contributed by atoms with E-state index < -0.39 is 0 Å². The minimum Gasteiger partial charge on any atom is -0.290 e. The molecule has 0 saturated carbocycles. The molecule has 3 nitrogen and oxygen atoms in total. The van der Waals surface area contributed by atoms with E-state index in [1.54, 1.807) is 12.5 Å². The molecule has 1 aromatic carbocycles. The van der Waals surface area contributed by atoms with Gasteiger partial charge in [0.1, 0.15) is 12.1 Å². The van der Waals surface area contributed by atoms with Crippen molar-refractivity contribution in [2.45, 2.75) is 13.3 Å². The van der Waals surface area contributed by atoms with E-state index in [4.69, 9.17) is 0 Å². The fraction of sp³-hybridized carbons (Fsp3) is 0.143. The van der Waals surface area contributed by atoms with E-state index in [2.05, 4.69) is 41.2 Å². The number of halogens is 1. The molecule has 4 heteroatoms. The number of fused-ring (bicyclic) bond motifs is 1. The van der Waals surface area contributed by atoms with Crippen molar-refractivity contribution in [1.82, 2.24) is 14.5 Å². The molecule has 0 bridgehead atoms. The maximum absolute atomic E-state index is 4.68. The van der Waals surface area contributed by atoms with Crippen molar-refractivity contribution in [3.05, 3.63) is 54.7 Å². The fourth-order valence-electron chi connectivity index (χ4n) is 2.00. The van der Waals surface area contributed by atoms with Crippen LogP contribution in [-0.2, 0) is 6.42 Å². The Kier molecular flexibility index (Phi) is 3.63. The van der Waals surface area contributed by atoms with Crippen molar-refractivity contribution in [2.24, 2.45) is 0 Å². The first-order valence-electron chi connectivity index (χ1n) is 5.75. The number of imidazole rings is 1. The predicted molar refractivity (Wildman–Crippen MR) is 75.5 cm³/mol. The standard InChI is InChI=1S/C14H13N3.ClH/c1-2-12-9-11-5-3-4-6-13(11)14(16-12)17-8-7-15-10-17;/h3-10H,2H2,1H3;1H. The summed E-state index contributed by atoms with van der Waals surface area (Å²) in [6.45, 7) is 2.12. The van der Waals surface area contributed by atoms with Gasteiger partial charge in [-0.05, 0) is 17.9 Å². The SMILES string of the molecule is CCc1cc2ccccc2c(-n2ccnc2)n1.Cl. The third kappa shape index (κ3) is 2.09. The van der Waals surface area contributed by atoms with Crippen LogP contribution >= 0.6 is 12.4 Å². The number of nitrogens with zero attached hydrogens (tertiary/aromatic N) is 3. The van der Waals surface area contributed by atoms with E-state index in [1.165, 1.54) is 5.39 Å². The number of rotatable bonds is 2. The molecule has 0 saturated heterocycles. The van der Waals surface area contributed by atoms with Crippen molar-refractivity contribution in [2.75, 3.05) is 0 Å². The van der Waals surface area contributed by atoms with Gasteiger partial charge >= 0.3 is 0 Å². The average Bonchev–Trinajstić information content (AvgIpc) is 2.91. The van der Waals surface area contributed by atoms with Crippen LogP contribution in [0.15, 0.2) is 49.1 Å². The van der Waals surface area contributed by atoms with E-state index >= 15 is 0 Å². The molecule has 0 aliphatic heterocycles. The van der Waals surface area contributed by atoms with E-state index in [0.29, 0.717) is 0 Å². The van der Waals surface area contributed by atoms with Gasteiger partial charge in [0.25, 0.3) is 0 Å². The smallest absolute Gasteiger partial charge is 0.146 e. The van der Waals surface area contributed by atoms with Crippen molar-refractivity contribution < 1.29 is 0 Å². The minimum absolute atomic E-state index is 0. The third-order valence-corrected chi connectivity index (χ3v) is 2.88. The predicted octanol–water partition coefficient (Wildman–Crippen LogP) is 3.40. The molecule has 0 unspecified atom stereocenters. The molecule has 0 atom stereocenters. The van der Waals surface area contributed by atoms with Gasteiger partial charge in [-0.25, -0.2) is 9.97 Å². The number of hydrogen-bond acceptors (Lipinski definition) is 2. The summed E-state index contributed by atoms with van der Waals surface area (Å²) in [5, 5.41) is 2.38.